The van der Waals surface area contributed by atoms with Crippen LogP contribution >= 0.6 is 0 Å². The topological polar surface area (TPSA) is 55.1 Å². The summed E-state index contributed by atoms with van der Waals surface area (Å²) in [6.07, 6.45) is 0.880. The molecule has 0 fully saturated rings. The van der Waals surface area contributed by atoms with E-state index in [9.17, 15) is 4.79 Å². The van der Waals surface area contributed by atoms with Crippen LogP contribution in [-0.2, 0) is 13.0 Å². The number of fused-ring (bicyclic) bond motifs is 3. The second-order valence-electron chi connectivity index (χ2n) is 6.14. The second-order valence-corrected chi connectivity index (χ2v) is 6.14. The average Bonchev–Trinajstić information content (AvgIpc) is 3.11. The maximum absolute atomic E-state index is 12.4. The predicted octanol–water partition coefficient (Wildman–Crippen LogP) is 3.79. The molecule has 0 saturated carbocycles. The molecule has 0 radical (unpaired) electrons. The molecule has 2 aromatic carbocycles. The molecule has 1 amide bonds. The summed E-state index contributed by atoms with van der Waals surface area (Å²) < 4.78 is 5.49. The predicted molar refractivity (Wildman–Crippen MR) is 91.8 cm³/mol. The summed E-state index contributed by atoms with van der Waals surface area (Å²) in [5.41, 5.74) is 6.53. The fourth-order valence-electron chi connectivity index (χ4n) is 3.16. The van der Waals surface area contributed by atoms with Crippen molar-refractivity contribution in [2.45, 2.75) is 26.8 Å². The molecular weight excluding hydrogens is 300 g/mol. The van der Waals surface area contributed by atoms with Crippen molar-refractivity contribution in [3.8, 4) is 11.1 Å². The van der Waals surface area contributed by atoms with Crippen LogP contribution in [0.4, 0.5) is 0 Å². The maximum atomic E-state index is 12.4. The number of amides is 1. The van der Waals surface area contributed by atoms with Crippen molar-refractivity contribution in [1.29, 1.82) is 0 Å². The van der Waals surface area contributed by atoms with Crippen LogP contribution in [0.25, 0.3) is 11.1 Å². The van der Waals surface area contributed by atoms with E-state index in [1.165, 1.54) is 22.3 Å². The standard InChI is InChI=1S/C20H18N2O2/c1-12-13(2)24-19(22-12)11-21-20(23)15-7-8-18-16(10-15)9-14-5-3-4-6-17(14)18/h3-8,10H,9,11H2,1-2H3,(H,21,23). The smallest absolute Gasteiger partial charge is 0.251 e. The minimum absolute atomic E-state index is 0.109. The molecule has 4 rings (SSSR count). The zero-order chi connectivity index (χ0) is 16.7. The first-order valence-electron chi connectivity index (χ1n) is 8.04. The summed E-state index contributed by atoms with van der Waals surface area (Å²) in [7, 11) is 0. The van der Waals surface area contributed by atoms with Crippen molar-refractivity contribution in [1.82, 2.24) is 10.3 Å². The number of oxazole rings is 1. The number of rotatable bonds is 3. The summed E-state index contributed by atoms with van der Waals surface area (Å²) in [5, 5.41) is 2.87. The molecule has 0 unspecified atom stereocenters. The van der Waals surface area contributed by atoms with Gasteiger partial charge < -0.3 is 9.73 Å². The molecule has 120 valence electrons. The van der Waals surface area contributed by atoms with Gasteiger partial charge in [0.25, 0.3) is 5.91 Å². The lowest BCUT2D eigenvalue weighted by Crippen LogP contribution is -2.23. The number of benzene rings is 2. The van der Waals surface area contributed by atoms with E-state index in [1.54, 1.807) is 0 Å². The van der Waals surface area contributed by atoms with Gasteiger partial charge in [-0.3, -0.25) is 4.79 Å². The average molecular weight is 318 g/mol. The summed E-state index contributed by atoms with van der Waals surface area (Å²) in [4.78, 5) is 16.7. The summed E-state index contributed by atoms with van der Waals surface area (Å²) in [6, 6.07) is 14.3. The van der Waals surface area contributed by atoms with Crippen molar-refractivity contribution in [2.75, 3.05) is 0 Å². The third-order valence-corrected chi connectivity index (χ3v) is 4.53. The highest BCUT2D eigenvalue weighted by molar-refractivity contribution is 5.95. The summed E-state index contributed by atoms with van der Waals surface area (Å²) in [6.45, 7) is 4.05. The zero-order valence-corrected chi connectivity index (χ0v) is 13.7. The lowest BCUT2D eigenvalue weighted by Gasteiger charge is -2.06. The van der Waals surface area contributed by atoms with Gasteiger partial charge in [-0.2, -0.15) is 0 Å². The molecule has 1 heterocycles. The van der Waals surface area contributed by atoms with E-state index >= 15 is 0 Å². The summed E-state index contributed by atoms with van der Waals surface area (Å²) in [5.74, 6) is 1.21. The highest BCUT2D eigenvalue weighted by atomic mass is 16.4. The quantitative estimate of drug-likeness (QED) is 0.625. The van der Waals surface area contributed by atoms with Gasteiger partial charge in [-0.1, -0.05) is 30.3 Å². The van der Waals surface area contributed by atoms with Gasteiger partial charge in [-0.15, -0.1) is 0 Å². The first kappa shape index (κ1) is 14.7. The molecule has 0 atom stereocenters. The zero-order valence-electron chi connectivity index (χ0n) is 13.7. The van der Waals surface area contributed by atoms with E-state index in [-0.39, 0.29) is 5.91 Å². The highest BCUT2D eigenvalue weighted by Crippen LogP contribution is 2.36. The Morgan fingerprint density at radius 2 is 1.92 bits per heavy atom. The van der Waals surface area contributed by atoms with Crippen molar-refractivity contribution in [3.63, 3.8) is 0 Å². The lowest BCUT2D eigenvalue weighted by molar-refractivity contribution is 0.0947. The van der Waals surface area contributed by atoms with Crippen molar-refractivity contribution in [3.05, 3.63) is 76.5 Å². The fourth-order valence-corrected chi connectivity index (χ4v) is 3.16. The Morgan fingerprint density at radius 1 is 1.12 bits per heavy atom. The molecule has 24 heavy (non-hydrogen) atoms. The number of nitrogens with one attached hydrogen (secondary N) is 1. The van der Waals surface area contributed by atoms with Gasteiger partial charge in [0, 0.05) is 5.56 Å². The minimum Gasteiger partial charge on any atom is -0.444 e. The normalized spacial score (nSPS) is 11.9. The lowest BCUT2D eigenvalue weighted by atomic mass is 10.0. The highest BCUT2D eigenvalue weighted by Gasteiger charge is 2.19. The molecule has 1 aromatic heterocycles. The molecular formula is C20H18N2O2. The van der Waals surface area contributed by atoms with Gasteiger partial charge >= 0.3 is 0 Å². The Labute approximate surface area is 140 Å². The van der Waals surface area contributed by atoms with Gasteiger partial charge in [-0.05, 0) is 54.7 Å². The number of aryl methyl sites for hydroxylation is 2. The SMILES string of the molecule is Cc1nc(CNC(=O)c2ccc3c(c2)Cc2ccccc2-3)oc1C. The first-order valence-corrected chi connectivity index (χ1v) is 8.04. The van der Waals surface area contributed by atoms with Crippen molar-refractivity contribution < 1.29 is 9.21 Å². The van der Waals surface area contributed by atoms with Gasteiger partial charge in [0.2, 0.25) is 5.89 Å². The maximum Gasteiger partial charge on any atom is 0.251 e. The van der Waals surface area contributed by atoms with Crippen LogP contribution in [0, 0.1) is 13.8 Å². The summed E-state index contributed by atoms with van der Waals surface area (Å²) >= 11 is 0. The number of carbonyl (C=O) groups excluding carboxylic acids is 1. The molecule has 0 aliphatic heterocycles. The van der Waals surface area contributed by atoms with Gasteiger partial charge in [0.15, 0.2) is 0 Å². The first-order chi connectivity index (χ1) is 11.6. The van der Waals surface area contributed by atoms with E-state index in [2.05, 4.69) is 34.6 Å². The number of carbonyl (C=O) groups is 1. The molecule has 0 bridgehead atoms. The van der Waals surface area contributed by atoms with Gasteiger partial charge in [0.05, 0.1) is 12.2 Å². The van der Waals surface area contributed by atoms with Crippen LogP contribution < -0.4 is 5.32 Å². The number of nitrogens with zero attached hydrogens (tertiary/aromatic N) is 1. The van der Waals surface area contributed by atoms with Crippen LogP contribution in [0.15, 0.2) is 46.9 Å². The van der Waals surface area contributed by atoms with E-state index in [0.29, 0.717) is 18.0 Å². The van der Waals surface area contributed by atoms with Crippen LogP contribution in [0.3, 0.4) is 0 Å². The third-order valence-electron chi connectivity index (χ3n) is 4.53. The third kappa shape index (κ3) is 2.50. The van der Waals surface area contributed by atoms with Gasteiger partial charge in [-0.25, -0.2) is 4.98 Å². The molecule has 4 heteroatoms. The van der Waals surface area contributed by atoms with E-state index in [4.69, 9.17) is 4.42 Å². The Bertz CT molecular complexity index is 921. The van der Waals surface area contributed by atoms with Crippen LogP contribution in [0.1, 0.15) is 38.8 Å². The van der Waals surface area contributed by atoms with E-state index < -0.39 is 0 Å². The van der Waals surface area contributed by atoms with E-state index in [0.717, 1.165) is 17.9 Å². The Hall–Kier alpha value is -2.88. The molecule has 0 saturated heterocycles. The molecule has 1 aliphatic rings. The molecule has 0 spiro atoms. The molecule has 3 aromatic rings. The van der Waals surface area contributed by atoms with Crippen molar-refractivity contribution >= 4 is 5.91 Å². The van der Waals surface area contributed by atoms with Crippen molar-refractivity contribution in [2.24, 2.45) is 0 Å². The van der Waals surface area contributed by atoms with Crippen LogP contribution in [-0.4, -0.2) is 10.9 Å². The van der Waals surface area contributed by atoms with Crippen LogP contribution in [0.2, 0.25) is 0 Å². The van der Waals surface area contributed by atoms with Gasteiger partial charge in [0.1, 0.15) is 5.76 Å². The minimum atomic E-state index is -0.109. The van der Waals surface area contributed by atoms with Crippen LogP contribution in [0.5, 0.6) is 0 Å². The van der Waals surface area contributed by atoms with E-state index in [1.807, 2.05) is 32.0 Å². The molecule has 1 N–H and O–H groups in total. The fraction of sp³-hybridized carbons (Fsp3) is 0.200. The number of aromatic nitrogens is 1. The number of hydrogen-bond donors (Lipinski definition) is 1. The largest absolute Gasteiger partial charge is 0.444 e. The molecule has 4 nitrogen and oxygen atoms in total. The Morgan fingerprint density at radius 3 is 2.71 bits per heavy atom. The second kappa shape index (κ2) is 5.64. The Kier molecular flexibility index (Phi) is 3.45. The number of hydrogen-bond acceptors (Lipinski definition) is 3. The Balaban J connectivity index is 1.51. The molecule has 1 aliphatic carbocycles. The monoisotopic (exact) mass is 318 g/mol.